The first kappa shape index (κ1) is 17.7. The number of carbonyl (C=O) groups excluding carboxylic acids is 1. The molecule has 0 aliphatic carbocycles. The largest absolute Gasteiger partial charge is 0.488 e. The Morgan fingerprint density at radius 1 is 1.12 bits per heavy atom. The van der Waals surface area contributed by atoms with Crippen molar-refractivity contribution >= 4 is 11.6 Å². The lowest BCUT2D eigenvalue weighted by Crippen LogP contribution is -2.14. The van der Waals surface area contributed by atoms with E-state index in [2.05, 4.69) is 10.5 Å². The maximum absolute atomic E-state index is 12.7. The van der Waals surface area contributed by atoms with Gasteiger partial charge >= 0.3 is 0 Å². The maximum Gasteiger partial charge on any atom is 0.259 e. The lowest BCUT2D eigenvalue weighted by atomic mass is 10.1. The molecule has 1 aromatic heterocycles. The van der Waals surface area contributed by atoms with E-state index in [0.717, 1.165) is 33.8 Å². The summed E-state index contributed by atoms with van der Waals surface area (Å²) in [6, 6.07) is 13.1. The van der Waals surface area contributed by atoms with Crippen LogP contribution in [-0.4, -0.2) is 11.1 Å². The molecule has 0 aliphatic heterocycles. The number of aryl methyl sites for hydroxylation is 4. The van der Waals surface area contributed by atoms with Gasteiger partial charge in [-0.1, -0.05) is 35.0 Å². The van der Waals surface area contributed by atoms with Crippen LogP contribution in [0.2, 0.25) is 0 Å². The summed E-state index contributed by atoms with van der Waals surface area (Å²) in [5.41, 5.74) is 5.14. The number of nitrogens with one attached hydrogen (secondary N) is 1. The van der Waals surface area contributed by atoms with E-state index in [-0.39, 0.29) is 5.91 Å². The summed E-state index contributed by atoms with van der Waals surface area (Å²) in [5, 5.41) is 6.88. The summed E-state index contributed by atoms with van der Waals surface area (Å²) >= 11 is 0. The minimum Gasteiger partial charge on any atom is -0.488 e. The fraction of sp³-hybridized carbons (Fsp3) is 0.238. The number of nitrogens with zero attached hydrogens (tertiary/aromatic N) is 1. The van der Waals surface area contributed by atoms with Crippen molar-refractivity contribution < 1.29 is 14.1 Å². The predicted octanol–water partition coefficient (Wildman–Crippen LogP) is 4.74. The standard InChI is InChI=1S/C21H22N2O3/c1-13-9-10-19(14(2)11-13)22-21(24)17-7-5-6-8-20(17)25-12-18-15(3)23-26-16(18)4/h5-11H,12H2,1-4H3,(H,22,24). The van der Waals surface area contributed by atoms with Gasteiger partial charge in [0.15, 0.2) is 0 Å². The van der Waals surface area contributed by atoms with Crippen molar-refractivity contribution in [2.24, 2.45) is 0 Å². The normalized spacial score (nSPS) is 10.6. The molecule has 0 unspecified atom stereocenters. The molecular formula is C21H22N2O3. The average Bonchev–Trinajstić information content (AvgIpc) is 2.94. The predicted molar refractivity (Wildman–Crippen MR) is 101 cm³/mol. The number of hydrogen-bond donors (Lipinski definition) is 1. The monoisotopic (exact) mass is 350 g/mol. The molecule has 5 heteroatoms. The number of rotatable bonds is 5. The summed E-state index contributed by atoms with van der Waals surface area (Å²) in [4.78, 5) is 12.7. The molecule has 0 atom stereocenters. The van der Waals surface area contributed by atoms with Crippen molar-refractivity contribution in [3.8, 4) is 5.75 Å². The molecule has 2 aromatic carbocycles. The topological polar surface area (TPSA) is 64.4 Å². The molecule has 0 aliphatic rings. The van der Waals surface area contributed by atoms with Crippen LogP contribution in [0.4, 0.5) is 5.69 Å². The zero-order valence-electron chi connectivity index (χ0n) is 15.4. The Balaban J connectivity index is 1.79. The van der Waals surface area contributed by atoms with Crippen LogP contribution in [0, 0.1) is 27.7 Å². The second kappa shape index (κ2) is 7.44. The summed E-state index contributed by atoms with van der Waals surface area (Å²) < 4.78 is 11.0. The van der Waals surface area contributed by atoms with Crippen LogP contribution in [0.25, 0.3) is 0 Å². The zero-order valence-corrected chi connectivity index (χ0v) is 15.4. The van der Waals surface area contributed by atoms with Gasteiger partial charge in [0.2, 0.25) is 0 Å². The molecule has 0 bridgehead atoms. The van der Waals surface area contributed by atoms with Gasteiger partial charge in [0.05, 0.1) is 16.8 Å². The average molecular weight is 350 g/mol. The van der Waals surface area contributed by atoms with E-state index >= 15 is 0 Å². The molecule has 3 rings (SSSR count). The van der Waals surface area contributed by atoms with Gasteiger partial charge in [-0.25, -0.2) is 0 Å². The van der Waals surface area contributed by atoms with Gasteiger partial charge < -0.3 is 14.6 Å². The smallest absolute Gasteiger partial charge is 0.259 e. The van der Waals surface area contributed by atoms with Crippen molar-refractivity contribution in [2.75, 3.05) is 5.32 Å². The summed E-state index contributed by atoms with van der Waals surface area (Å²) in [5.74, 6) is 1.04. The van der Waals surface area contributed by atoms with Gasteiger partial charge in [0, 0.05) is 5.69 Å². The molecule has 0 radical (unpaired) electrons. The van der Waals surface area contributed by atoms with Crippen LogP contribution < -0.4 is 10.1 Å². The fourth-order valence-electron chi connectivity index (χ4n) is 2.78. The van der Waals surface area contributed by atoms with E-state index < -0.39 is 0 Å². The number of anilines is 1. The van der Waals surface area contributed by atoms with Crippen molar-refractivity contribution in [1.29, 1.82) is 0 Å². The van der Waals surface area contributed by atoms with E-state index in [1.54, 1.807) is 12.1 Å². The van der Waals surface area contributed by atoms with E-state index in [0.29, 0.717) is 17.9 Å². The van der Waals surface area contributed by atoms with E-state index in [1.165, 1.54) is 0 Å². The number of aromatic nitrogens is 1. The first-order chi connectivity index (χ1) is 12.5. The van der Waals surface area contributed by atoms with Crippen molar-refractivity contribution in [3.05, 3.63) is 76.2 Å². The van der Waals surface area contributed by atoms with E-state index in [4.69, 9.17) is 9.26 Å². The Labute approximate surface area is 153 Å². The second-order valence-corrected chi connectivity index (χ2v) is 6.36. The van der Waals surface area contributed by atoms with Crippen LogP contribution in [0.3, 0.4) is 0 Å². The highest BCUT2D eigenvalue weighted by molar-refractivity contribution is 6.06. The number of ether oxygens (including phenoxy) is 1. The SMILES string of the molecule is Cc1ccc(NC(=O)c2ccccc2OCc2c(C)noc2C)c(C)c1. The Kier molecular flexibility index (Phi) is 5.07. The number of hydrogen-bond acceptors (Lipinski definition) is 4. The van der Waals surface area contributed by atoms with E-state index in [9.17, 15) is 4.79 Å². The number of amides is 1. The van der Waals surface area contributed by atoms with Gasteiger partial charge in [0.1, 0.15) is 18.1 Å². The van der Waals surface area contributed by atoms with Crippen molar-refractivity contribution in [3.63, 3.8) is 0 Å². The molecule has 1 heterocycles. The highest BCUT2D eigenvalue weighted by Gasteiger charge is 2.15. The molecule has 134 valence electrons. The van der Waals surface area contributed by atoms with Gasteiger partial charge in [-0.15, -0.1) is 0 Å². The van der Waals surface area contributed by atoms with Gasteiger partial charge in [-0.05, 0) is 51.5 Å². The van der Waals surface area contributed by atoms with Crippen LogP contribution in [0.5, 0.6) is 5.75 Å². The molecular weight excluding hydrogens is 328 g/mol. The van der Waals surface area contributed by atoms with E-state index in [1.807, 2.05) is 58.0 Å². The number of para-hydroxylation sites is 1. The molecule has 0 saturated carbocycles. The van der Waals surface area contributed by atoms with Gasteiger partial charge in [-0.3, -0.25) is 4.79 Å². The molecule has 0 spiro atoms. The first-order valence-electron chi connectivity index (χ1n) is 8.48. The Morgan fingerprint density at radius 2 is 1.88 bits per heavy atom. The molecule has 1 amide bonds. The fourth-order valence-corrected chi connectivity index (χ4v) is 2.78. The highest BCUT2D eigenvalue weighted by atomic mass is 16.5. The van der Waals surface area contributed by atoms with Crippen LogP contribution in [0.15, 0.2) is 47.0 Å². The summed E-state index contributed by atoms with van der Waals surface area (Å²) in [6.07, 6.45) is 0. The quantitative estimate of drug-likeness (QED) is 0.722. The lowest BCUT2D eigenvalue weighted by molar-refractivity contribution is 0.102. The van der Waals surface area contributed by atoms with Crippen LogP contribution in [0.1, 0.15) is 38.5 Å². The zero-order chi connectivity index (χ0) is 18.7. The second-order valence-electron chi connectivity index (χ2n) is 6.36. The summed E-state index contributed by atoms with van der Waals surface area (Å²) in [7, 11) is 0. The Bertz CT molecular complexity index is 925. The van der Waals surface area contributed by atoms with Crippen LogP contribution in [-0.2, 0) is 6.61 Å². The molecule has 1 N–H and O–H groups in total. The van der Waals surface area contributed by atoms with Crippen LogP contribution >= 0.6 is 0 Å². The maximum atomic E-state index is 12.7. The summed E-state index contributed by atoms with van der Waals surface area (Å²) in [6.45, 7) is 8.01. The van der Waals surface area contributed by atoms with Gasteiger partial charge in [0.25, 0.3) is 5.91 Å². The number of carbonyl (C=O) groups is 1. The minimum atomic E-state index is -0.202. The lowest BCUT2D eigenvalue weighted by Gasteiger charge is -2.13. The molecule has 0 fully saturated rings. The third kappa shape index (κ3) is 3.77. The molecule has 5 nitrogen and oxygen atoms in total. The number of benzene rings is 2. The molecule has 26 heavy (non-hydrogen) atoms. The highest BCUT2D eigenvalue weighted by Crippen LogP contribution is 2.24. The minimum absolute atomic E-state index is 0.202. The molecule has 0 saturated heterocycles. The third-order valence-corrected chi connectivity index (χ3v) is 4.32. The van der Waals surface area contributed by atoms with Gasteiger partial charge in [-0.2, -0.15) is 0 Å². The third-order valence-electron chi connectivity index (χ3n) is 4.32. The first-order valence-corrected chi connectivity index (χ1v) is 8.48. The Hall–Kier alpha value is -3.08. The molecule has 3 aromatic rings. The van der Waals surface area contributed by atoms with Crippen molar-refractivity contribution in [2.45, 2.75) is 34.3 Å². The van der Waals surface area contributed by atoms with Crippen molar-refractivity contribution in [1.82, 2.24) is 5.16 Å². The Morgan fingerprint density at radius 3 is 2.58 bits per heavy atom.